The van der Waals surface area contributed by atoms with Gasteiger partial charge in [-0.3, -0.25) is 4.90 Å². The number of likely N-dealkylation sites (N-methyl/N-ethyl adjacent to an activating group) is 1. The number of rotatable bonds is 7. The topological polar surface area (TPSA) is 46.9 Å². The highest BCUT2D eigenvalue weighted by Crippen LogP contribution is 2.33. The van der Waals surface area contributed by atoms with E-state index in [9.17, 15) is 10.2 Å². The van der Waals surface area contributed by atoms with Crippen LogP contribution in [0.5, 0.6) is 11.5 Å². The maximum Gasteiger partial charge on any atom is 0.138 e. The Morgan fingerprint density at radius 3 is 2.08 bits per heavy atom. The Morgan fingerprint density at radius 2 is 1.46 bits per heavy atom. The van der Waals surface area contributed by atoms with Crippen LogP contribution in [-0.4, -0.2) is 47.2 Å². The number of halogens is 2. The van der Waals surface area contributed by atoms with Crippen molar-refractivity contribution in [2.75, 3.05) is 27.2 Å². The first-order chi connectivity index (χ1) is 12.2. The van der Waals surface area contributed by atoms with E-state index in [1.807, 2.05) is 40.1 Å². The van der Waals surface area contributed by atoms with Gasteiger partial charge in [-0.05, 0) is 45.6 Å². The number of aromatic hydroxyl groups is 2. The molecule has 0 aliphatic heterocycles. The van der Waals surface area contributed by atoms with Crippen LogP contribution in [0.4, 0.5) is 0 Å². The molecule has 2 aromatic rings. The molecule has 0 saturated carbocycles. The fraction of sp³-hybridized carbons (Fsp3) is 0.400. The number of phenolic OH excluding ortho intramolecular Hbond substituents is 2. The van der Waals surface area contributed by atoms with Crippen LogP contribution in [0.3, 0.4) is 0 Å². The van der Waals surface area contributed by atoms with Gasteiger partial charge in [0.15, 0.2) is 0 Å². The van der Waals surface area contributed by atoms with Crippen molar-refractivity contribution in [3.05, 3.63) is 56.6 Å². The van der Waals surface area contributed by atoms with E-state index >= 15 is 0 Å². The molecule has 0 aromatic heterocycles. The lowest BCUT2D eigenvalue weighted by atomic mass is 10.0. The zero-order valence-electron chi connectivity index (χ0n) is 15.7. The van der Waals surface area contributed by atoms with Crippen LogP contribution < -0.4 is 0 Å². The first-order valence-corrected chi connectivity index (χ1v) is 9.26. The summed E-state index contributed by atoms with van der Waals surface area (Å²) in [6.07, 6.45) is 0. The third-order valence-electron chi connectivity index (χ3n) is 4.28. The molecule has 0 aliphatic carbocycles. The van der Waals surface area contributed by atoms with Gasteiger partial charge in [-0.15, -0.1) is 0 Å². The average molecular weight is 397 g/mol. The third kappa shape index (κ3) is 5.52. The molecular formula is C20H26Cl2N2O2. The summed E-state index contributed by atoms with van der Waals surface area (Å²) in [5.74, 6) is 0.370. The lowest BCUT2D eigenvalue weighted by molar-refractivity contribution is 0.221. The maximum absolute atomic E-state index is 10.4. The van der Waals surface area contributed by atoms with E-state index in [2.05, 4.69) is 9.80 Å². The normalized spacial score (nSPS) is 11.5. The van der Waals surface area contributed by atoms with Crippen molar-refractivity contribution >= 4 is 23.2 Å². The predicted octanol–water partition coefficient (Wildman–Crippen LogP) is 4.59. The van der Waals surface area contributed by atoms with Gasteiger partial charge in [0.05, 0.1) is 5.02 Å². The molecule has 2 rings (SSSR count). The molecule has 0 unspecified atom stereocenters. The molecule has 0 bridgehead atoms. The Hall–Kier alpha value is -1.46. The molecule has 2 aromatic carbocycles. The second-order valence-corrected chi connectivity index (χ2v) is 7.84. The number of benzene rings is 2. The Labute approximate surface area is 165 Å². The van der Waals surface area contributed by atoms with Crippen molar-refractivity contribution in [1.82, 2.24) is 9.80 Å². The summed E-state index contributed by atoms with van der Waals surface area (Å²) >= 11 is 12.2. The van der Waals surface area contributed by atoms with Gasteiger partial charge in [0, 0.05) is 42.3 Å². The third-order valence-corrected chi connectivity index (χ3v) is 4.79. The minimum Gasteiger partial charge on any atom is -0.507 e. The van der Waals surface area contributed by atoms with Crippen molar-refractivity contribution in [3.8, 4) is 11.5 Å². The lowest BCUT2D eigenvalue weighted by Crippen LogP contribution is -2.31. The van der Waals surface area contributed by atoms with E-state index in [1.54, 1.807) is 6.07 Å². The lowest BCUT2D eigenvalue weighted by Gasteiger charge is -2.25. The molecule has 0 aliphatic rings. The van der Waals surface area contributed by atoms with E-state index in [0.717, 1.165) is 29.8 Å². The summed E-state index contributed by atoms with van der Waals surface area (Å²) in [6, 6.07) is 7.22. The largest absolute Gasteiger partial charge is 0.507 e. The van der Waals surface area contributed by atoms with Crippen LogP contribution in [0.2, 0.25) is 10.0 Å². The molecule has 0 fully saturated rings. The highest BCUT2D eigenvalue weighted by Gasteiger charge is 2.16. The zero-order chi connectivity index (χ0) is 19.4. The molecule has 0 radical (unpaired) electrons. The molecule has 6 heteroatoms. The van der Waals surface area contributed by atoms with E-state index in [1.165, 1.54) is 6.07 Å². The molecule has 26 heavy (non-hydrogen) atoms. The van der Waals surface area contributed by atoms with E-state index in [-0.39, 0.29) is 10.8 Å². The van der Waals surface area contributed by atoms with Crippen LogP contribution in [0.1, 0.15) is 22.3 Å². The van der Waals surface area contributed by atoms with Gasteiger partial charge in [0.1, 0.15) is 11.5 Å². The summed E-state index contributed by atoms with van der Waals surface area (Å²) in [5, 5.41) is 21.4. The molecule has 0 atom stereocenters. The molecule has 0 spiro atoms. The number of phenols is 2. The average Bonchev–Trinajstić information content (AvgIpc) is 2.54. The van der Waals surface area contributed by atoms with Gasteiger partial charge in [0.2, 0.25) is 0 Å². The van der Waals surface area contributed by atoms with Crippen LogP contribution in [0.25, 0.3) is 0 Å². The molecule has 0 amide bonds. The number of hydrogen-bond acceptors (Lipinski definition) is 4. The predicted molar refractivity (Wildman–Crippen MR) is 108 cm³/mol. The van der Waals surface area contributed by atoms with Crippen LogP contribution >= 0.6 is 23.2 Å². The van der Waals surface area contributed by atoms with Crippen molar-refractivity contribution in [2.24, 2.45) is 0 Å². The minimum atomic E-state index is 0.0514. The van der Waals surface area contributed by atoms with Crippen LogP contribution in [0, 0.1) is 13.8 Å². The first-order valence-electron chi connectivity index (χ1n) is 8.50. The summed E-state index contributed by atoms with van der Waals surface area (Å²) in [6.45, 7) is 6.57. The number of nitrogens with zero attached hydrogens (tertiary/aromatic N) is 2. The van der Waals surface area contributed by atoms with Crippen LogP contribution in [-0.2, 0) is 13.1 Å². The van der Waals surface area contributed by atoms with E-state index in [0.29, 0.717) is 29.4 Å². The van der Waals surface area contributed by atoms with Crippen molar-refractivity contribution < 1.29 is 10.2 Å². The summed E-state index contributed by atoms with van der Waals surface area (Å²) in [7, 11) is 4.03. The fourth-order valence-corrected chi connectivity index (χ4v) is 3.48. The van der Waals surface area contributed by atoms with Gasteiger partial charge in [-0.2, -0.15) is 0 Å². The Kier molecular flexibility index (Phi) is 7.18. The molecule has 4 nitrogen and oxygen atoms in total. The van der Waals surface area contributed by atoms with Gasteiger partial charge in [-0.1, -0.05) is 40.9 Å². The Balaban J connectivity index is 2.30. The first kappa shape index (κ1) is 20.8. The minimum absolute atomic E-state index is 0.0514. The van der Waals surface area contributed by atoms with E-state index < -0.39 is 0 Å². The van der Waals surface area contributed by atoms with Gasteiger partial charge in [0.25, 0.3) is 0 Å². The van der Waals surface area contributed by atoms with Gasteiger partial charge < -0.3 is 15.1 Å². The molecule has 0 heterocycles. The smallest absolute Gasteiger partial charge is 0.138 e. The monoisotopic (exact) mass is 396 g/mol. The highest BCUT2D eigenvalue weighted by molar-refractivity contribution is 6.35. The highest BCUT2D eigenvalue weighted by atomic mass is 35.5. The maximum atomic E-state index is 10.4. The number of aryl methyl sites for hydroxylation is 2. The second kappa shape index (κ2) is 8.96. The summed E-state index contributed by atoms with van der Waals surface area (Å²) < 4.78 is 0. The van der Waals surface area contributed by atoms with Gasteiger partial charge in [-0.25, -0.2) is 0 Å². The van der Waals surface area contributed by atoms with Crippen molar-refractivity contribution in [2.45, 2.75) is 26.9 Å². The SMILES string of the molecule is Cc1cc(C)c(O)c(CN(CCN(C)C)Cc2cc(Cl)cc(Cl)c2O)c1. The fourth-order valence-electron chi connectivity index (χ4n) is 2.95. The summed E-state index contributed by atoms with van der Waals surface area (Å²) in [5.41, 5.74) is 3.51. The Morgan fingerprint density at radius 1 is 0.846 bits per heavy atom. The van der Waals surface area contributed by atoms with Crippen LogP contribution in [0.15, 0.2) is 24.3 Å². The Bertz CT molecular complexity index is 719. The van der Waals surface area contributed by atoms with Crippen molar-refractivity contribution in [1.29, 1.82) is 0 Å². The van der Waals surface area contributed by atoms with Crippen molar-refractivity contribution in [3.63, 3.8) is 0 Å². The summed E-state index contributed by atoms with van der Waals surface area (Å²) in [4.78, 5) is 4.26. The van der Waals surface area contributed by atoms with E-state index in [4.69, 9.17) is 23.2 Å². The second-order valence-electron chi connectivity index (χ2n) is 7.00. The van der Waals surface area contributed by atoms with Gasteiger partial charge >= 0.3 is 0 Å². The molecule has 142 valence electrons. The number of hydrogen-bond donors (Lipinski definition) is 2. The quantitative estimate of drug-likeness (QED) is 0.718. The standard InChI is InChI=1S/C20H26Cl2N2O2/c1-13-7-14(2)19(25)15(8-13)11-24(6-5-23(3)4)12-16-9-17(21)10-18(22)20(16)26/h7-10,25-26H,5-6,11-12H2,1-4H3. The molecule has 0 saturated heterocycles. The molecule has 2 N–H and O–H groups in total. The zero-order valence-corrected chi connectivity index (χ0v) is 17.2. The molecular weight excluding hydrogens is 371 g/mol.